The van der Waals surface area contributed by atoms with Crippen molar-refractivity contribution in [3.05, 3.63) is 33.8 Å². The van der Waals surface area contributed by atoms with Crippen LogP contribution in [0.2, 0.25) is 10.0 Å². The molecular formula is C12H16Cl3NO2S. The molecule has 0 spiro atoms. The van der Waals surface area contributed by atoms with Crippen LogP contribution in [-0.4, -0.2) is 31.4 Å². The summed E-state index contributed by atoms with van der Waals surface area (Å²) in [4.78, 5) is 0. The third-order valence-corrected chi connectivity index (χ3v) is 5.41. The molecule has 0 saturated carbocycles. The van der Waals surface area contributed by atoms with E-state index >= 15 is 0 Å². The monoisotopic (exact) mass is 343 g/mol. The van der Waals surface area contributed by atoms with E-state index in [0.717, 1.165) is 5.56 Å². The molecule has 0 heterocycles. The van der Waals surface area contributed by atoms with E-state index in [9.17, 15) is 8.42 Å². The van der Waals surface area contributed by atoms with Crippen LogP contribution >= 0.6 is 34.8 Å². The molecule has 0 N–H and O–H groups in total. The minimum absolute atomic E-state index is 0.0986. The second-order valence-corrected chi connectivity index (χ2v) is 7.62. The van der Waals surface area contributed by atoms with E-state index in [0.29, 0.717) is 28.8 Å². The van der Waals surface area contributed by atoms with Crippen molar-refractivity contribution in [1.29, 1.82) is 0 Å². The van der Waals surface area contributed by atoms with Crippen molar-refractivity contribution in [2.24, 2.45) is 0 Å². The number of rotatable bonds is 7. The summed E-state index contributed by atoms with van der Waals surface area (Å²) in [5.74, 6) is 0.573. The zero-order chi connectivity index (χ0) is 14.5. The van der Waals surface area contributed by atoms with E-state index in [2.05, 4.69) is 0 Å². The van der Waals surface area contributed by atoms with Gasteiger partial charge in [0.2, 0.25) is 10.0 Å². The van der Waals surface area contributed by atoms with Crippen molar-refractivity contribution in [2.45, 2.75) is 19.4 Å². The zero-order valence-corrected chi connectivity index (χ0v) is 13.7. The SMILES string of the molecule is CN(Cc1ccc(Cl)cc1Cl)S(=O)(=O)CCCCCl. The normalized spacial score (nSPS) is 12.1. The van der Waals surface area contributed by atoms with E-state index in [-0.39, 0.29) is 12.3 Å². The molecule has 0 radical (unpaired) electrons. The number of sulfonamides is 1. The predicted molar refractivity (Wildman–Crippen MR) is 81.7 cm³/mol. The summed E-state index contributed by atoms with van der Waals surface area (Å²) >= 11 is 17.4. The summed E-state index contributed by atoms with van der Waals surface area (Å²) in [7, 11) is -1.73. The molecule has 0 aliphatic heterocycles. The summed E-state index contributed by atoms with van der Waals surface area (Å²) in [5.41, 5.74) is 0.731. The quantitative estimate of drug-likeness (QED) is 0.557. The number of alkyl halides is 1. The summed E-state index contributed by atoms with van der Waals surface area (Å²) < 4.78 is 25.3. The first-order valence-corrected chi connectivity index (χ1v) is 8.70. The van der Waals surface area contributed by atoms with Crippen LogP contribution in [0.15, 0.2) is 18.2 Å². The predicted octanol–water partition coefficient (Wildman–Crippen LogP) is 3.77. The van der Waals surface area contributed by atoms with Crippen molar-refractivity contribution >= 4 is 44.8 Å². The van der Waals surface area contributed by atoms with E-state index in [1.165, 1.54) is 4.31 Å². The van der Waals surface area contributed by atoms with Gasteiger partial charge >= 0.3 is 0 Å². The highest BCUT2D eigenvalue weighted by Gasteiger charge is 2.18. The van der Waals surface area contributed by atoms with Gasteiger partial charge in [0.1, 0.15) is 0 Å². The van der Waals surface area contributed by atoms with Crippen LogP contribution < -0.4 is 0 Å². The fourth-order valence-electron chi connectivity index (χ4n) is 1.52. The maximum Gasteiger partial charge on any atom is 0.214 e. The van der Waals surface area contributed by atoms with Crippen LogP contribution in [0.3, 0.4) is 0 Å². The van der Waals surface area contributed by atoms with Gasteiger partial charge in [0.05, 0.1) is 5.75 Å². The van der Waals surface area contributed by atoms with Gasteiger partial charge in [0.25, 0.3) is 0 Å². The highest BCUT2D eigenvalue weighted by molar-refractivity contribution is 7.89. The van der Waals surface area contributed by atoms with Crippen LogP contribution in [0.25, 0.3) is 0 Å². The number of nitrogens with zero attached hydrogens (tertiary/aromatic N) is 1. The minimum Gasteiger partial charge on any atom is -0.212 e. The third-order valence-electron chi connectivity index (χ3n) is 2.67. The van der Waals surface area contributed by atoms with Crippen LogP contribution in [0.1, 0.15) is 18.4 Å². The average Bonchev–Trinajstić information content (AvgIpc) is 2.32. The van der Waals surface area contributed by atoms with E-state index in [4.69, 9.17) is 34.8 Å². The molecule has 0 aromatic heterocycles. The smallest absolute Gasteiger partial charge is 0.212 e. The Morgan fingerprint density at radius 2 is 1.89 bits per heavy atom. The van der Waals surface area contributed by atoms with Gasteiger partial charge in [-0.1, -0.05) is 29.3 Å². The van der Waals surface area contributed by atoms with Gasteiger partial charge in [-0.15, -0.1) is 11.6 Å². The second kappa shape index (κ2) is 7.70. The molecular weight excluding hydrogens is 329 g/mol. The molecule has 0 aliphatic carbocycles. The Balaban J connectivity index is 2.70. The summed E-state index contributed by atoms with van der Waals surface area (Å²) in [6.07, 6.45) is 1.25. The maximum absolute atomic E-state index is 12.0. The van der Waals surface area contributed by atoms with Gasteiger partial charge in [-0.25, -0.2) is 12.7 Å². The zero-order valence-electron chi connectivity index (χ0n) is 10.6. The van der Waals surface area contributed by atoms with Gasteiger partial charge in [-0.2, -0.15) is 0 Å². The van der Waals surface area contributed by atoms with E-state index in [1.54, 1.807) is 25.2 Å². The largest absolute Gasteiger partial charge is 0.214 e. The van der Waals surface area contributed by atoms with Gasteiger partial charge in [0, 0.05) is 29.5 Å². The van der Waals surface area contributed by atoms with E-state index in [1.807, 2.05) is 0 Å². The molecule has 0 unspecified atom stereocenters. The van der Waals surface area contributed by atoms with Crippen molar-refractivity contribution in [1.82, 2.24) is 4.31 Å². The van der Waals surface area contributed by atoms with Crippen molar-refractivity contribution in [3.8, 4) is 0 Å². The lowest BCUT2D eigenvalue weighted by Crippen LogP contribution is -2.29. The molecule has 0 bridgehead atoms. The summed E-state index contributed by atoms with van der Waals surface area (Å²) in [6.45, 7) is 0.235. The summed E-state index contributed by atoms with van der Waals surface area (Å²) in [5, 5.41) is 0.997. The Kier molecular flexibility index (Phi) is 6.91. The molecule has 3 nitrogen and oxygen atoms in total. The van der Waals surface area contributed by atoms with Gasteiger partial charge in [-0.05, 0) is 30.5 Å². The lowest BCUT2D eigenvalue weighted by atomic mass is 10.2. The van der Waals surface area contributed by atoms with Crippen LogP contribution in [0.4, 0.5) is 0 Å². The first-order valence-electron chi connectivity index (χ1n) is 5.80. The van der Waals surface area contributed by atoms with Crippen LogP contribution in [0.5, 0.6) is 0 Å². The fraction of sp³-hybridized carbons (Fsp3) is 0.500. The second-order valence-electron chi connectivity index (χ2n) is 4.20. The van der Waals surface area contributed by atoms with Crippen molar-refractivity contribution in [3.63, 3.8) is 0 Å². The number of benzene rings is 1. The summed E-state index contributed by atoms with van der Waals surface area (Å²) in [6, 6.07) is 5.03. The first-order chi connectivity index (χ1) is 8.86. The molecule has 1 rings (SSSR count). The molecule has 0 amide bonds. The number of hydrogen-bond donors (Lipinski definition) is 0. The minimum atomic E-state index is -3.27. The molecule has 19 heavy (non-hydrogen) atoms. The maximum atomic E-state index is 12.0. The lowest BCUT2D eigenvalue weighted by molar-refractivity contribution is 0.465. The van der Waals surface area contributed by atoms with Gasteiger partial charge < -0.3 is 0 Å². The van der Waals surface area contributed by atoms with E-state index < -0.39 is 10.0 Å². The topological polar surface area (TPSA) is 37.4 Å². The number of unbranched alkanes of at least 4 members (excludes halogenated alkanes) is 1. The van der Waals surface area contributed by atoms with Gasteiger partial charge in [0.15, 0.2) is 0 Å². The van der Waals surface area contributed by atoms with Crippen molar-refractivity contribution in [2.75, 3.05) is 18.7 Å². The molecule has 1 aromatic carbocycles. The standard InChI is InChI=1S/C12H16Cl3NO2S/c1-16(19(17,18)7-3-2-6-13)9-10-4-5-11(14)8-12(10)15/h4-5,8H,2-3,6-7,9H2,1H3. The Morgan fingerprint density at radius 3 is 2.47 bits per heavy atom. The molecule has 0 aliphatic rings. The Morgan fingerprint density at radius 1 is 1.21 bits per heavy atom. The van der Waals surface area contributed by atoms with Gasteiger partial charge in [-0.3, -0.25) is 0 Å². The van der Waals surface area contributed by atoms with Crippen molar-refractivity contribution < 1.29 is 8.42 Å². The fourth-order valence-corrected chi connectivity index (χ4v) is 3.40. The Labute approximate surface area is 129 Å². The number of halogens is 3. The molecule has 0 fully saturated rings. The third kappa shape index (κ3) is 5.48. The highest BCUT2D eigenvalue weighted by Crippen LogP contribution is 2.22. The Bertz CT molecular complexity index is 520. The molecule has 7 heteroatoms. The van der Waals surface area contributed by atoms with Crippen LogP contribution in [0, 0.1) is 0 Å². The highest BCUT2D eigenvalue weighted by atomic mass is 35.5. The molecule has 0 saturated heterocycles. The molecule has 108 valence electrons. The lowest BCUT2D eigenvalue weighted by Gasteiger charge is -2.17. The Hall–Kier alpha value is -0.000000000000000111. The molecule has 1 aromatic rings. The number of hydrogen-bond acceptors (Lipinski definition) is 2. The average molecular weight is 345 g/mol. The molecule has 0 atom stereocenters. The first kappa shape index (κ1) is 17.1. The van der Waals surface area contributed by atoms with Crippen LogP contribution in [-0.2, 0) is 16.6 Å².